The molecule has 144 valence electrons. The lowest BCUT2D eigenvalue weighted by Gasteiger charge is -2.20. The van der Waals surface area contributed by atoms with E-state index in [1.54, 1.807) is 7.05 Å². The molecular formula is C21H23N5O2. The molecule has 3 aromatic rings. The number of rotatable bonds is 5. The predicted octanol–water partition coefficient (Wildman–Crippen LogP) is 3.47. The zero-order chi connectivity index (χ0) is 19.7. The number of hydrogen-bond acceptors (Lipinski definition) is 4. The van der Waals surface area contributed by atoms with E-state index in [0.29, 0.717) is 6.61 Å². The van der Waals surface area contributed by atoms with E-state index in [0.717, 1.165) is 33.8 Å². The number of carbonyl (C=O) groups excluding carboxylic acids is 1. The van der Waals surface area contributed by atoms with Crippen molar-refractivity contribution in [3.63, 3.8) is 0 Å². The second-order valence-electron chi connectivity index (χ2n) is 6.80. The summed E-state index contributed by atoms with van der Waals surface area (Å²) in [6.07, 6.45) is 4.03. The van der Waals surface area contributed by atoms with Gasteiger partial charge in [-0.15, -0.1) is 11.1 Å². The van der Waals surface area contributed by atoms with Crippen LogP contribution in [0.4, 0.5) is 10.5 Å². The van der Waals surface area contributed by atoms with Crippen molar-refractivity contribution < 1.29 is 9.53 Å². The Morgan fingerprint density at radius 1 is 0.964 bits per heavy atom. The summed E-state index contributed by atoms with van der Waals surface area (Å²) < 4.78 is 8.19. The van der Waals surface area contributed by atoms with Gasteiger partial charge in [-0.05, 0) is 61.4 Å². The lowest BCUT2D eigenvalue weighted by Crippen LogP contribution is -2.38. The van der Waals surface area contributed by atoms with Crippen molar-refractivity contribution in [1.82, 2.24) is 20.6 Å². The largest absolute Gasteiger partial charge is 0.489 e. The molecule has 0 radical (unpaired) electrons. The first-order valence-corrected chi connectivity index (χ1v) is 9.09. The Bertz CT molecular complexity index is 1000. The van der Waals surface area contributed by atoms with Gasteiger partial charge >= 0.3 is 6.03 Å². The molecule has 7 nitrogen and oxygen atoms in total. The molecule has 28 heavy (non-hydrogen) atoms. The second-order valence-corrected chi connectivity index (χ2v) is 6.80. The molecule has 1 aliphatic heterocycles. The molecule has 1 fully saturated rings. The molecule has 1 aliphatic rings. The Balaban J connectivity index is 1.56. The van der Waals surface area contributed by atoms with E-state index in [4.69, 9.17) is 4.74 Å². The maximum absolute atomic E-state index is 12.3. The zero-order valence-corrected chi connectivity index (χ0v) is 16.1. The number of nitrogens with zero attached hydrogens (tertiary/aromatic N) is 3. The van der Waals surface area contributed by atoms with Gasteiger partial charge in [-0.2, -0.15) is 0 Å². The number of aromatic nitrogens is 1. The van der Waals surface area contributed by atoms with Gasteiger partial charge in [0.1, 0.15) is 12.4 Å². The monoisotopic (exact) mass is 377 g/mol. The first-order chi connectivity index (χ1) is 13.5. The third kappa shape index (κ3) is 3.33. The van der Waals surface area contributed by atoms with Gasteiger partial charge in [-0.25, -0.2) is 14.8 Å². The van der Waals surface area contributed by atoms with E-state index >= 15 is 0 Å². The van der Waals surface area contributed by atoms with Crippen molar-refractivity contribution in [2.45, 2.75) is 20.5 Å². The summed E-state index contributed by atoms with van der Waals surface area (Å²) in [5.74, 6) is 0.820. The molecule has 0 aliphatic carbocycles. The van der Waals surface area contributed by atoms with Crippen LogP contribution in [-0.2, 0) is 6.61 Å². The zero-order valence-electron chi connectivity index (χ0n) is 16.1. The quantitative estimate of drug-likeness (QED) is 0.715. The number of carbonyl (C=O) groups is 1. The minimum absolute atomic E-state index is 0.181. The molecule has 2 amide bonds. The predicted molar refractivity (Wildman–Crippen MR) is 108 cm³/mol. The maximum atomic E-state index is 12.3. The number of hydrazine groups is 3. The van der Waals surface area contributed by atoms with Crippen molar-refractivity contribution in [1.29, 1.82) is 0 Å². The fourth-order valence-electron chi connectivity index (χ4n) is 3.23. The smallest absolute Gasteiger partial charge is 0.355 e. The molecule has 2 heterocycles. The SMILES string of the molecule is Cc1cc(-n2cccc2)ccc1OCc1c(C)cccc1N1NNN(C)C1=O. The van der Waals surface area contributed by atoms with Crippen LogP contribution in [0.2, 0.25) is 0 Å². The van der Waals surface area contributed by atoms with Crippen LogP contribution < -0.4 is 20.8 Å². The Morgan fingerprint density at radius 2 is 1.75 bits per heavy atom. The molecule has 7 heteroatoms. The van der Waals surface area contributed by atoms with E-state index in [-0.39, 0.29) is 6.03 Å². The summed E-state index contributed by atoms with van der Waals surface area (Å²) in [5.41, 5.74) is 10.6. The standard InChI is InChI=1S/C21H23N5O2/c1-15-7-6-8-19(26-21(27)24(3)22-23-26)18(15)14-28-20-10-9-17(13-16(20)2)25-11-4-5-12-25/h4-13,22-23H,14H2,1-3H3. The van der Waals surface area contributed by atoms with Gasteiger partial charge in [0, 0.05) is 30.7 Å². The topological polar surface area (TPSA) is 61.8 Å². The molecule has 2 N–H and O–H groups in total. The first-order valence-electron chi connectivity index (χ1n) is 9.09. The molecular weight excluding hydrogens is 354 g/mol. The van der Waals surface area contributed by atoms with E-state index < -0.39 is 0 Å². The average molecular weight is 377 g/mol. The van der Waals surface area contributed by atoms with Crippen LogP contribution >= 0.6 is 0 Å². The van der Waals surface area contributed by atoms with Gasteiger partial charge in [0.15, 0.2) is 0 Å². The van der Waals surface area contributed by atoms with E-state index in [1.165, 1.54) is 10.0 Å². The molecule has 2 aromatic carbocycles. The summed E-state index contributed by atoms with van der Waals surface area (Å²) in [5, 5.41) is 2.87. The van der Waals surface area contributed by atoms with Crippen LogP contribution in [0.25, 0.3) is 5.69 Å². The van der Waals surface area contributed by atoms with Gasteiger partial charge in [-0.1, -0.05) is 12.1 Å². The molecule has 0 bridgehead atoms. The van der Waals surface area contributed by atoms with Crippen molar-refractivity contribution in [2.75, 3.05) is 12.1 Å². The number of aryl methyl sites for hydroxylation is 2. The highest BCUT2D eigenvalue weighted by atomic mass is 16.5. The summed E-state index contributed by atoms with van der Waals surface area (Å²) in [7, 11) is 1.66. The van der Waals surface area contributed by atoms with Crippen molar-refractivity contribution in [3.05, 3.63) is 77.6 Å². The van der Waals surface area contributed by atoms with Crippen LogP contribution in [0, 0.1) is 13.8 Å². The van der Waals surface area contributed by atoms with E-state index in [9.17, 15) is 4.79 Å². The number of benzene rings is 2. The minimum Gasteiger partial charge on any atom is -0.489 e. The van der Waals surface area contributed by atoms with Crippen LogP contribution in [0.5, 0.6) is 5.75 Å². The highest BCUT2D eigenvalue weighted by molar-refractivity contribution is 5.92. The third-order valence-corrected chi connectivity index (χ3v) is 4.87. The van der Waals surface area contributed by atoms with E-state index in [1.807, 2.05) is 68.7 Å². The van der Waals surface area contributed by atoms with Crippen LogP contribution in [0.3, 0.4) is 0 Å². The molecule has 4 rings (SSSR count). The third-order valence-electron chi connectivity index (χ3n) is 4.87. The molecule has 1 aromatic heterocycles. The molecule has 0 atom stereocenters. The van der Waals surface area contributed by atoms with Crippen molar-refractivity contribution in [2.24, 2.45) is 0 Å². The van der Waals surface area contributed by atoms with E-state index in [2.05, 4.69) is 21.7 Å². The summed E-state index contributed by atoms with van der Waals surface area (Å²) in [6, 6.07) is 15.8. The highest BCUT2D eigenvalue weighted by Gasteiger charge is 2.28. The number of amides is 2. The Hall–Kier alpha value is -3.29. The van der Waals surface area contributed by atoms with Crippen LogP contribution in [0.1, 0.15) is 16.7 Å². The first kappa shape index (κ1) is 18.1. The fraction of sp³-hybridized carbons (Fsp3) is 0.190. The fourth-order valence-corrected chi connectivity index (χ4v) is 3.23. The number of nitrogens with one attached hydrogen (secondary N) is 2. The summed E-state index contributed by atoms with van der Waals surface area (Å²) >= 11 is 0. The Labute approximate surface area is 164 Å². The minimum atomic E-state index is -0.181. The summed E-state index contributed by atoms with van der Waals surface area (Å²) in [4.78, 5) is 12.3. The van der Waals surface area contributed by atoms with Gasteiger partial charge in [0.25, 0.3) is 0 Å². The maximum Gasteiger partial charge on any atom is 0.355 e. The number of urea groups is 1. The van der Waals surface area contributed by atoms with Crippen LogP contribution in [0.15, 0.2) is 60.9 Å². The molecule has 0 spiro atoms. The highest BCUT2D eigenvalue weighted by Crippen LogP contribution is 2.28. The average Bonchev–Trinajstić information content (AvgIpc) is 3.33. The number of hydrogen-bond donors (Lipinski definition) is 2. The Kier molecular flexibility index (Phi) is 4.77. The van der Waals surface area contributed by atoms with Gasteiger partial charge in [0.2, 0.25) is 0 Å². The molecule has 0 unspecified atom stereocenters. The number of ether oxygens (including phenoxy) is 1. The van der Waals surface area contributed by atoms with Crippen molar-refractivity contribution >= 4 is 11.7 Å². The summed E-state index contributed by atoms with van der Waals surface area (Å²) in [6.45, 7) is 4.41. The van der Waals surface area contributed by atoms with Gasteiger partial charge in [-0.3, -0.25) is 0 Å². The molecule has 0 saturated carbocycles. The lowest BCUT2D eigenvalue weighted by atomic mass is 10.1. The second kappa shape index (κ2) is 7.38. The molecule has 1 saturated heterocycles. The number of anilines is 1. The Morgan fingerprint density at radius 3 is 2.43 bits per heavy atom. The van der Waals surface area contributed by atoms with Crippen LogP contribution in [-0.4, -0.2) is 22.7 Å². The lowest BCUT2D eigenvalue weighted by molar-refractivity contribution is 0.214. The van der Waals surface area contributed by atoms with Gasteiger partial charge < -0.3 is 9.30 Å². The normalized spacial score (nSPS) is 14.0. The van der Waals surface area contributed by atoms with Crippen molar-refractivity contribution in [3.8, 4) is 11.4 Å². The van der Waals surface area contributed by atoms with Gasteiger partial charge in [0.05, 0.1) is 5.69 Å².